The van der Waals surface area contributed by atoms with E-state index in [2.05, 4.69) is 73.9 Å². The molecule has 0 aliphatic rings. The molecule has 0 saturated carbocycles. The molecule has 2 N–H and O–H groups in total. The molecule has 0 aromatic heterocycles. The van der Waals surface area contributed by atoms with Gasteiger partial charge < -0.3 is 10.2 Å². The lowest BCUT2D eigenvalue weighted by molar-refractivity contribution is 0.470. The summed E-state index contributed by atoms with van der Waals surface area (Å²) in [6.45, 7) is 0. The lowest BCUT2D eigenvalue weighted by Gasteiger charge is -2.02. The van der Waals surface area contributed by atoms with Crippen molar-refractivity contribution in [3.05, 3.63) is 53.3 Å². The van der Waals surface area contributed by atoms with Crippen molar-refractivity contribution in [1.29, 1.82) is 0 Å². The average molecular weight is 556 g/mol. The molecule has 0 unspecified atom stereocenters. The fourth-order valence-corrected chi connectivity index (χ4v) is 4.08. The molecule has 2 aromatic carbocycles. The van der Waals surface area contributed by atoms with Crippen LogP contribution in [0.3, 0.4) is 0 Å². The molecule has 0 saturated heterocycles. The molecule has 0 heterocycles. The van der Waals surface area contributed by atoms with Crippen molar-refractivity contribution in [2.45, 2.75) is 0 Å². The largest absolute Gasteiger partial charge is 0.506 e. The minimum Gasteiger partial charge on any atom is -0.506 e. The highest BCUT2D eigenvalue weighted by Crippen LogP contribution is 2.31. The number of phenolic OH excluding ortho intramolecular Hbond substituents is 2. The Bertz CT molecular complexity index is 710. The number of aromatic hydroxyl groups is 2. The Morgan fingerprint density at radius 2 is 1.05 bits per heavy atom. The van der Waals surface area contributed by atoms with Crippen molar-refractivity contribution >= 4 is 76.1 Å². The van der Waals surface area contributed by atoms with Crippen LogP contribution in [0.5, 0.6) is 11.5 Å². The van der Waals surface area contributed by atoms with E-state index in [4.69, 9.17) is 0 Å². The van der Waals surface area contributed by atoms with Crippen LogP contribution in [0.15, 0.2) is 52.4 Å². The predicted molar refractivity (Wildman–Crippen MR) is 102 cm³/mol. The van der Waals surface area contributed by atoms with E-state index in [0.717, 1.165) is 8.95 Å². The first kappa shape index (κ1) is 17.7. The highest BCUT2D eigenvalue weighted by molar-refractivity contribution is 9.11. The van der Waals surface area contributed by atoms with Crippen LogP contribution >= 0.6 is 63.7 Å². The monoisotopic (exact) mass is 552 g/mol. The van der Waals surface area contributed by atoms with Crippen molar-refractivity contribution in [1.82, 2.24) is 0 Å². The summed E-state index contributed by atoms with van der Waals surface area (Å²) in [6.07, 6.45) is 2.84. The van der Waals surface area contributed by atoms with E-state index in [1.54, 1.807) is 24.3 Å². The molecule has 2 rings (SSSR count). The van der Waals surface area contributed by atoms with Crippen LogP contribution in [0.4, 0.5) is 0 Å². The summed E-state index contributed by atoms with van der Waals surface area (Å²) in [5.74, 6) is 0.158. The summed E-state index contributed by atoms with van der Waals surface area (Å²) in [4.78, 5) is 0. The molecule has 0 spiro atoms. The standard InChI is InChI=1S/C14H8Br4N2O2/c15-9-1-7(13(21)11(17)3-9)5-19-20-6-8-2-10(16)4-12(18)14(8)22/h1-6,21-22H. The molecular weight excluding hydrogens is 548 g/mol. The summed E-state index contributed by atoms with van der Waals surface area (Å²) in [6, 6.07) is 6.89. The van der Waals surface area contributed by atoms with Gasteiger partial charge in [0, 0.05) is 20.1 Å². The highest BCUT2D eigenvalue weighted by atomic mass is 79.9. The minimum atomic E-state index is 0.0789. The summed E-state index contributed by atoms with van der Waals surface area (Å²) < 4.78 is 2.72. The zero-order chi connectivity index (χ0) is 16.3. The van der Waals surface area contributed by atoms with Crippen LogP contribution < -0.4 is 0 Å². The van der Waals surface area contributed by atoms with Crippen molar-refractivity contribution in [2.75, 3.05) is 0 Å². The molecular formula is C14H8Br4N2O2. The second kappa shape index (κ2) is 7.72. The highest BCUT2D eigenvalue weighted by Gasteiger charge is 2.06. The van der Waals surface area contributed by atoms with Crippen LogP contribution in [0.2, 0.25) is 0 Å². The Morgan fingerprint density at radius 1 is 0.682 bits per heavy atom. The molecule has 0 aliphatic carbocycles. The summed E-state index contributed by atoms with van der Waals surface area (Å²) in [5, 5.41) is 27.5. The van der Waals surface area contributed by atoms with Crippen LogP contribution in [0, 0.1) is 0 Å². The number of halogens is 4. The molecule has 0 amide bonds. The molecule has 114 valence electrons. The van der Waals surface area contributed by atoms with E-state index in [9.17, 15) is 10.2 Å². The quantitative estimate of drug-likeness (QED) is 0.382. The van der Waals surface area contributed by atoms with E-state index in [0.29, 0.717) is 20.1 Å². The Hall–Kier alpha value is -0.700. The van der Waals surface area contributed by atoms with Crippen molar-refractivity contribution in [3.8, 4) is 11.5 Å². The van der Waals surface area contributed by atoms with Crippen molar-refractivity contribution in [3.63, 3.8) is 0 Å². The topological polar surface area (TPSA) is 65.2 Å². The van der Waals surface area contributed by atoms with Crippen LogP contribution in [0.1, 0.15) is 11.1 Å². The number of hydrogen-bond donors (Lipinski definition) is 2. The summed E-state index contributed by atoms with van der Waals surface area (Å²) >= 11 is 13.2. The number of rotatable bonds is 3. The maximum Gasteiger partial charge on any atom is 0.138 e. The fourth-order valence-electron chi connectivity index (χ4n) is 1.56. The zero-order valence-electron chi connectivity index (χ0n) is 10.8. The van der Waals surface area contributed by atoms with E-state index in [1.165, 1.54) is 12.4 Å². The molecule has 8 heteroatoms. The normalized spacial score (nSPS) is 11.6. The summed E-state index contributed by atoms with van der Waals surface area (Å²) in [7, 11) is 0. The lowest BCUT2D eigenvalue weighted by atomic mass is 10.2. The maximum atomic E-state index is 9.89. The Labute approximate surface area is 160 Å². The van der Waals surface area contributed by atoms with Gasteiger partial charge in [-0.2, -0.15) is 10.2 Å². The lowest BCUT2D eigenvalue weighted by Crippen LogP contribution is -1.86. The van der Waals surface area contributed by atoms with Gasteiger partial charge in [-0.25, -0.2) is 0 Å². The Morgan fingerprint density at radius 3 is 1.41 bits per heavy atom. The van der Waals surface area contributed by atoms with Gasteiger partial charge >= 0.3 is 0 Å². The molecule has 0 atom stereocenters. The third-order valence-corrected chi connectivity index (χ3v) is 4.70. The zero-order valence-corrected chi connectivity index (χ0v) is 17.1. The molecule has 0 radical (unpaired) electrons. The van der Waals surface area contributed by atoms with Gasteiger partial charge in [0.15, 0.2) is 0 Å². The summed E-state index contributed by atoms with van der Waals surface area (Å²) in [5.41, 5.74) is 1.02. The smallest absolute Gasteiger partial charge is 0.138 e. The molecule has 0 fully saturated rings. The van der Waals surface area contributed by atoms with Gasteiger partial charge in [-0.1, -0.05) is 31.9 Å². The van der Waals surface area contributed by atoms with Crippen LogP contribution in [-0.2, 0) is 0 Å². The average Bonchev–Trinajstić information content (AvgIpc) is 2.44. The van der Waals surface area contributed by atoms with Gasteiger partial charge in [0.2, 0.25) is 0 Å². The van der Waals surface area contributed by atoms with Gasteiger partial charge in [0.05, 0.1) is 21.4 Å². The first-order chi connectivity index (χ1) is 10.4. The third-order valence-electron chi connectivity index (χ3n) is 2.58. The number of hydrogen-bond acceptors (Lipinski definition) is 4. The molecule has 0 aliphatic heterocycles. The van der Waals surface area contributed by atoms with Gasteiger partial charge in [-0.3, -0.25) is 0 Å². The molecule has 0 bridgehead atoms. The van der Waals surface area contributed by atoms with Gasteiger partial charge in [-0.05, 0) is 56.1 Å². The third kappa shape index (κ3) is 4.41. The second-order valence-electron chi connectivity index (χ2n) is 4.14. The van der Waals surface area contributed by atoms with Crippen LogP contribution in [-0.4, -0.2) is 22.6 Å². The Balaban J connectivity index is 2.23. The second-order valence-corrected chi connectivity index (χ2v) is 7.68. The van der Waals surface area contributed by atoms with Crippen molar-refractivity contribution in [2.24, 2.45) is 10.2 Å². The van der Waals surface area contributed by atoms with E-state index >= 15 is 0 Å². The number of phenols is 2. The number of nitrogens with zero attached hydrogens (tertiary/aromatic N) is 2. The predicted octanol–water partition coefficient (Wildman–Crippen LogP) is 5.60. The van der Waals surface area contributed by atoms with E-state index in [1.807, 2.05) is 0 Å². The van der Waals surface area contributed by atoms with Gasteiger partial charge in [0.25, 0.3) is 0 Å². The SMILES string of the molecule is Oc1c(Br)cc(Br)cc1C=NN=Cc1cc(Br)cc(Br)c1O. The van der Waals surface area contributed by atoms with Crippen molar-refractivity contribution < 1.29 is 10.2 Å². The van der Waals surface area contributed by atoms with Crippen LogP contribution in [0.25, 0.3) is 0 Å². The van der Waals surface area contributed by atoms with E-state index in [-0.39, 0.29) is 11.5 Å². The molecule has 2 aromatic rings. The number of benzene rings is 2. The van der Waals surface area contributed by atoms with E-state index < -0.39 is 0 Å². The molecule has 22 heavy (non-hydrogen) atoms. The van der Waals surface area contributed by atoms with Gasteiger partial charge in [-0.15, -0.1) is 0 Å². The fraction of sp³-hybridized carbons (Fsp3) is 0. The maximum absolute atomic E-state index is 9.89. The first-order valence-corrected chi connectivity index (χ1v) is 8.98. The first-order valence-electron chi connectivity index (χ1n) is 5.81. The Kier molecular flexibility index (Phi) is 6.19. The van der Waals surface area contributed by atoms with Gasteiger partial charge in [0.1, 0.15) is 11.5 Å². The minimum absolute atomic E-state index is 0.0789. The molecule has 4 nitrogen and oxygen atoms in total.